The Labute approximate surface area is 121 Å². The van der Waals surface area contributed by atoms with Gasteiger partial charge in [0.2, 0.25) is 0 Å². The van der Waals surface area contributed by atoms with Gasteiger partial charge in [-0.25, -0.2) is 0 Å². The minimum Gasteiger partial charge on any atom is -0.399 e. The van der Waals surface area contributed by atoms with E-state index in [-0.39, 0.29) is 18.3 Å². The van der Waals surface area contributed by atoms with Gasteiger partial charge in [-0.15, -0.1) is 0 Å². The van der Waals surface area contributed by atoms with Crippen LogP contribution in [0.3, 0.4) is 0 Å². The van der Waals surface area contributed by atoms with E-state index in [1.165, 1.54) is 12.8 Å². The van der Waals surface area contributed by atoms with Crippen LogP contribution in [0.4, 0.5) is 0 Å². The minimum atomic E-state index is -0.315. The maximum Gasteiger partial charge on any atom is 0.498 e. The van der Waals surface area contributed by atoms with Gasteiger partial charge in [-0.1, -0.05) is 0 Å². The van der Waals surface area contributed by atoms with Crippen molar-refractivity contribution in [1.82, 2.24) is 15.1 Å². The maximum absolute atomic E-state index is 6.06. The van der Waals surface area contributed by atoms with E-state index in [1.807, 2.05) is 10.9 Å². The summed E-state index contributed by atoms with van der Waals surface area (Å²) < 4.78 is 14.2. The van der Waals surface area contributed by atoms with E-state index in [0.717, 1.165) is 18.6 Å². The Morgan fingerprint density at radius 3 is 2.60 bits per heavy atom. The molecule has 0 aromatic carbocycles. The Kier molecular flexibility index (Phi) is 3.43. The number of nitrogens with one attached hydrogen (secondary N) is 1. The molecule has 0 unspecified atom stereocenters. The van der Waals surface area contributed by atoms with Crippen LogP contribution in [0.1, 0.15) is 46.6 Å². The molecule has 3 heterocycles. The van der Waals surface area contributed by atoms with E-state index in [2.05, 4.69) is 44.3 Å². The highest BCUT2D eigenvalue weighted by atomic mass is 16.7. The van der Waals surface area contributed by atoms with Gasteiger partial charge in [0.05, 0.1) is 17.2 Å². The quantitative estimate of drug-likeness (QED) is 0.823. The second kappa shape index (κ2) is 4.86. The summed E-state index contributed by atoms with van der Waals surface area (Å²) in [5, 5.41) is 7.91. The third kappa shape index (κ3) is 2.40. The van der Waals surface area contributed by atoms with Crippen molar-refractivity contribution in [3.8, 4) is 0 Å². The van der Waals surface area contributed by atoms with Gasteiger partial charge < -0.3 is 14.6 Å². The molecule has 0 spiro atoms. The molecule has 1 N–H and O–H groups in total. The van der Waals surface area contributed by atoms with Gasteiger partial charge >= 0.3 is 7.12 Å². The highest BCUT2D eigenvalue weighted by Crippen LogP contribution is 2.36. The second-order valence-corrected chi connectivity index (χ2v) is 6.84. The Morgan fingerprint density at radius 2 is 2.00 bits per heavy atom. The summed E-state index contributed by atoms with van der Waals surface area (Å²) in [7, 11) is -0.315. The van der Waals surface area contributed by atoms with Crippen molar-refractivity contribution in [3.05, 3.63) is 12.4 Å². The van der Waals surface area contributed by atoms with Crippen LogP contribution < -0.4 is 10.8 Å². The first-order chi connectivity index (χ1) is 9.39. The van der Waals surface area contributed by atoms with E-state index in [0.29, 0.717) is 6.04 Å². The third-order valence-electron chi connectivity index (χ3n) is 4.79. The average Bonchev–Trinajstić information content (AvgIpc) is 2.94. The fraction of sp³-hybridized carbons (Fsp3) is 0.786. The molecule has 2 aliphatic rings. The van der Waals surface area contributed by atoms with Crippen LogP contribution in [0, 0.1) is 0 Å². The van der Waals surface area contributed by atoms with Gasteiger partial charge in [0.15, 0.2) is 0 Å². The average molecular weight is 277 g/mol. The van der Waals surface area contributed by atoms with Gasteiger partial charge in [0, 0.05) is 24.4 Å². The van der Waals surface area contributed by atoms with E-state index < -0.39 is 0 Å². The van der Waals surface area contributed by atoms with E-state index in [9.17, 15) is 0 Å². The van der Waals surface area contributed by atoms with Crippen LogP contribution in [-0.4, -0.2) is 41.2 Å². The molecule has 0 radical (unpaired) electrons. The van der Waals surface area contributed by atoms with E-state index >= 15 is 0 Å². The molecule has 0 saturated carbocycles. The van der Waals surface area contributed by atoms with Gasteiger partial charge in [0.1, 0.15) is 0 Å². The number of aromatic nitrogens is 2. The SMILES string of the molecule is CC1(C)OB(c2cnn([C@@H]3CCCNC3)c2)OC1(C)C. The molecule has 1 aromatic rings. The fourth-order valence-electron chi connectivity index (χ4n) is 2.71. The number of rotatable bonds is 2. The summed E-state index contributed by atoms with van der Waals surface area (Å²) in [4.78, 5) is 0. The lowest BCUT2D eigenvalue weighted by Crippen LogP contribution is -2.41. The van der Waals surface area contributed by atoms with Crippen LogP contribution in [0.25, 0.3) is 0 Å². The lowest BCUT2D eigenvalue weighted by Gasteiger charge is -2.32. The molecule has 0 bridgehead atoms. The van der Waals surface area contributed by atoms with Crippen molar-refractivity contribution in [3.63, 3.8) is 0 Å². The largest absolute Gasteiger partial charge is 0.498 e. The van der Waals surface area contributed by atoms with Crippen LogP contribution >= 0.6 is 0 Å². The van der Waals surface area contributed by atoms with Crippen molar-refractivity contribution in [2.45, 2.75) is 57.8 Å². The zero-order valence-electron chi connectivity index (χ0n) is 12.8. The van der Waals surface area contributed by atoms with Gasteiger partial charge in [-0.3, -0.25) is 4.68 Å². The molecule has 20 heavy (non-hydrogen) atoms. The summed E-state index contributed by atoms with van der Waals surface area (Å²) in [6.07, 6.45) is 6.32. The molecule has 2 saturated heterocycles. The number of hydrogen-bond acceptors (Lipinski definition) is 4. The zero-order chi connectivity index (χ0) is 14.4. The first-order valence-electron chi connectivity index (χ1n) is 7.49. The number of piperidine rings is 1. The summed E-state index contributed by atoms with van der Waals surface area (Å²) in [6, 6.07) is 0.444. The Hall–Kier alpha value is -0.845. The van der Waals surface area contributed by atoms with Gasteiger partial charge in [-0.2, -0.15) is 5.10 Å². The van der Waals surface area contributed by atoms with Crippen molar-refractivity contribution >= 4 is 12.6 Å². The fourth-order valence-corrected chi connectivity index (χ4v) is 2.71. The van der Waals surface area contributed by atoms with Crippen molar-refractivity contribution in [2.75, 3.05) is 13.1 Å². The number of hydrogen-bond donors (Lipinski definition) is 1. The smallest absolute Gasteiger partial charge is 0.399 e. The highest BCUT2D eigenvalue weighted by Gasteiger charge is 2.52. The minimum absolute atomic E-state index is 0.299. The Morgan fingerprint density at radius 1 is 1.30 bits per heavy atom. The van der Waals surface area contributed by atoms with Crippen molar-refractivity contribution in [2.24, 2.45) is 0 Å². The molecule has 2 fully saturated rings. The lowest BCUT2D eigenvalue weighted by molar-refractivity contribution is 0.00578. The summed E-state index contributed by atoms with van der Waals surface area (Å²) in [6.45, 7) is 10.4. The lowest BCUT2D eigenvalue weighted by atomic mass is 9.82. The first kappa shape index (κ1) is 14.1. The highest BCUT2D eigenvalue weighted by molar-refractivity contribution is 6.61. The van der Waals surface area contributed by atoms with Crippen molar-refractivity contribution in [1.29, 1.82) is 0 Å². The molecular weight excluding hydrogens is 253 g/mol. The monoisotopic (exact) mass is 277 g/mol. The number of nitrogens with zero attached hydrogens (tertiary/aromatic N) is 2. The standard InChI is InChI=1S/C14H24BN3O2/c1-13(2)14(3,4)20-15(19-13)11-8-17-18(10-11)12-6-5-7-16-9-12/h8,10,12,16H,5-7,9H2,1-4H3/t12-/m1/s1. The van der Waals surface area contributed by atoms with Gasteiger partial charge in [-0.05, 0) is 47.1 Å². The zero-order valence-corrected chi connectivity index (χ0v) is 12.8. The molecule has 2 aliphatic heterocycles. The molecular formula is C14H24BN3O2. The normalized spacial score (nSPS) is 28.8. The second-order valence-electron chi connectivity index (χ2n) is 6.84. The summed E-state index contributed by atoms with van der Waals surface area (Å²) >= 11 is 0. The Balaban J connectivity index is 1.74. The molecule has 110 valence electrons. The molecule has 0 amide bonds. The molecule has 1 atom stereocenters. The Bertz CT molecular complexity index is 465. The predicted molar refractivity (Wildman–Crippen MR) is 79.1 cm³/mol. The van der Waals surface area contributed by atoms with Crippen LogP contribution in [0.5, 0.6) is 0 Å². The summed E-state index contributed by atoms with van der Waals surface area (Å²) in [5.41, 5.74) is 0.410. The van der Waals surface area contributed by atoms with Crippen molar-refractivity contribution < 1.29 is 9.31 Å². The molecule has 5 nitrogen and oxygen atoms in total. The van der Waals surface area contributed by atoms with Crippen LogP contribution in [-0.2, 0) is 9.31 Å². The van der Waals surface area contributed by atoms with E-state index in [4.69, 9.17) is 9.31 Å². The summed E-state index contributed by atoms with van der Waals surface area (Å²) in [5.74, 6) is 0. The molecule has 0 aliphatic carbocycles. The van der Waals surface area contributed by atoms with Crippen LogP contribution in [0.15, 0.2) is 12.4 Å². The maximum atomic E-state index is 6.06. The molecule has 6 heteroatoms. The van der Waals surface area contributed by atoms with E-state index in [1.54, 1.807) is 0 Å². The predicted octanol–water partition coefficient (Wildman–Crippen LogP) is 1.11. The topological polar surface area (TPSA) is 48.3 Å². The molecule has 1 aromatic heterocycles. The first-order valence-corrected chi connectivity index (χ1v) is 7.49. The third-order valence-corrected chi connectivity index (χ3v) is 4.79. The molecule has 3 rings (SSSR count). The van der Waals surface area contributed by atoms with Crippen LogP contribution in [0.2, 0.25) is 0 Å². The van der Waals surface area contributed by atoms with Gasteiger partial charge in [0.25, 0.3) is 0 Å².